The number of halogens is 2. The van der Waals surface area contributed by atoms with Crippen molar-refractivity contribution in [3.63, 3.8) is 0 Å². The van der Waals surface area contributed by atoms with E-state index in [2.05, 4.69) is 11.8 Å². The van der Waals surface area contributed by atoms with E-state index in [0.29, 0.717) is 0 Å². The molecule has 0 aromatic heterocycles. The molecule has 0 spiro atoms. The Balaban J connectivity index is 0.00000200. The molecule has 0 N–H and O–H groups in total. The first-order valence-electron chi connectivity index (χ1n) is 6.79. The average Bonchev–Trinajstić information content (AvgIpc) is 2.41. The van der Waals surface area contributed by atoms with E-state index in [1.54, 1.807) is 0 Å². The number of carbonyl (C=O) groups is 1. The van der Waals surface area contributed by atoms with Gasteiger partial charge in [-0.2, -0.15) is 0 Å². The lowest BCUT2D eigenvalue weighted by Gasteiger charge is -2.37. The van der Waals surface area contributed by atoms with Crippen LogP contribution in [0.15, 0.2) is 18.2 Å². The molecule has 112 valence electrons. The van der Waals surface area contributed by atoms with Crippen LogP contribution < -0.4 is 4.90 Å². The van der Waals surface area contributed by atoms with E-state index in [4.69, 9.17) is 11.6 Å². The maximum atomic E-state index is 11.9. The summed E-state index contributed by atoms with van der Waals surface area (Å²) in [5, 5.41) is 0.765. The minimum absolute atomic E-state index is 0. The van der Waals surface area contributed by atoms with E-state index in [1.165, 1.54) is 11.3 Å². The third kappa shape index (κ3) is 3.80. The largest absolute Gasteiger partial charge is 0.368 e. The summed E-state index contributed by atoms with van der Waals surface area (Å²) in [6, 6.07) is 5.97. The van der Waals surface area contributed by atoms with Gasteiger partial charge in [-0.3, -0.25) is 4.79 Å². The molecule has 1 saturated heterocycles. The molecule has 1 aliphatic heterocycles. The lowest BCUT2D eigenvalue weighted by molar-refractivity contribution is -0.134. The van der Waals surface area contributed by atoms with Gasteiger partial charge in [-0.05, 0) is 24.6 Å². The van der Waals surface area contributed by atoms with E-state index in [0.717, 1.165) is 31.2 Å². The second kappa shape index (κ2) is 7.19. The molecule has 0 unspecified atom stereocenters. The van der Waals surface area contributed by atoms with Gasteiger partial charge in [0.2, 0.25) is 5.91 Å². The highest BCUT2D eigenvalue weighted by molar-refractivity contribution is 6.30. The van der Waals surface area contributed by atoms with Crippen LogP contribution in [0.3, 0.4) is 0 Å². The molecule has 5 heteroatoms. The van der Waals surface area contributed by atoms with Crippen molar-refractivity contribution in [3.05, 3.63) is 28.8 Å². The fourth-order valence-electron chi connectivity index (χ4n) is 2.46. The first-order valence-corrected chi connectivity index (χ1v) is 7.16. The van der Waals surface area contributed by atoms with E-state index < -0.39 is 0 Å². The number of nitrogens with zero attached hydrogens (tertiary/aromatic N) is 2. The molecule has 0 aliphatic carbocycles. The van der Waals surface area contributed by atoms with Crippen LogP contribution in [-0.4, -0.2) is 37.0 Å². The third-order valence-corrected chi connectivity index (χ3v) is 3.83. The monoisotopic (exact) mass is 316 g/mol. The second-order valence-corrected chi connectivity index (χ2v) is 5.83. The van der Waals surface area contributed by atoms with Crippen molar-refractivity contribution in [2.45, 2.75) is 20.8 Å². The Morgan fingerprint density at radius 1 is 1.20 bits per heavy atom. The Morgan fingerprint density at radius 3 is 2.35 bits per heavy atom. The first-order chi connectivity index (χ1) is 8.99. The highest BCUT2D eigenvalue weighted by Gasteiger charge is 2.23. The Bertz CT molecular complexity index is 469. The minimum Gasteiger partial charge on any atom is -0.368 e. The Hall–Kier alpha value is -0.930. The highest BCUT2D eigenvalue weighted by atomic mass is 35.5. The van der Waals surface area contributed by atoms with Crippen LogP contribution in [0.25, 0.3) is 0 Å². The van der Waals surface area contributed by atoms with Crippen molar-refractivity contribution >= 4 is 35.6 Å². The van der Waals surface area contributed by atoms with Crippen molar-refractivity contribution in [1.82, 2.24) is 4.90 Å². The van der Waals surface area contributed by atoms with Crippen LogP contribution in [0.5, 0.6) is 0 Å². The molecule has 1 heterocycles. The van der Waals surface area contributed by atoms with Gasteiger partial charge in [0.15, 0.2) is 0 Å². The molecule has 1 aromatic carbocycles. The number of anilines is 1. The molecule has 1 amide bonds. The first kappa shape index (κ1) is 17.1. The van der Waals surface area contributed by atoms with E-state index in [1.807, 2.05) is 36.9 Å². The molecule has 0 atom stereocenters. The van der Waals surface area contributed by atoms with Crippen LogP contribution in [0.4, 0.5) is 5.69 Å². The fraction of sp³-hybridized carbons (Fsp3) is 0.533. The highest BCUT2D eigenvalue weighted by Crippen LogP contribution is 2.25. The zero-order chi connectivity index (χ0) is 14.0. The van der Waals surface area contributed by atoms with Crippen molar-refractivity contribution < 1.29 is 4.79 Å². The normalized spacial score (nSPS) is 15.2. The summed E-state index contributed by atoms with van der Waals surface area (Å²) in [7, 11) is 0. The van der Waals surface area contributed by atoms with E-state index >= 15 is 0 Å². The van der Waals surface area contributed by atoms with Crippen LogP contribution in [-0.2, 0) is 4.79 Å². The van der Waals surface area contributed by atoms with Crippen LogP contribution in [0, 0.1) is 12.8 Å². The third-order valence-electron chi connectivity index (χ3n) is 3.60. The summed E-state index contributed by atoms with van der Waals surface area (Å²) in [5.41, 5.74) is 2.41. The number of amides is 1. The molecular weight excluding hydrogens is 295 g/mol. The molecule has 1 aliphatic rings. The van der Waals surface area contributed by atoms with Crippen LogP contribution in [0.2, 0.25) is 5.02 Å². The zero-order valence-corrected chi connectivity index (χ0v) is 13.8. The lowest BCUT2D eigenvalue weighted by Crippen LogP contribution is -2.50. The topological polar surface area (TPSA) is 23.6 Å². The summed E-state index contributed by atoms with van der Waals surface area (Å²) < 4.78 is 0. The molecule has 0 saturated carbocycles. The van der Waals surface area contributed by atoms with E-state index in [9.17, 15) is 4.79 Å². The SMILES string of the molecule is Cc1ccc(Cl)cc1N1CCN(C(=O)C(C)C)CC1.Cl. The summed E-state index contributed by atoms with van der Waals surface area (Å²) in [6.45, 7) is 9.34. The second-order valence-electron chi connectivity index (χ2n) is 5.40. The van der Waals surface area contributed by atoms with Gasteiger partial charge in [0.05, 0.1) is 0 Å². The summed E-state index contributed by atoms with van der Waals surface area (Å²) in [5.74, 6) is 0.335. The lowest BCUT2D eigenvalue weighted by atomic mass is 10.1. The molecule has 1 aromatic rings. The van der Waals surface area contributed by atoms with Crippen LogP contribution >= 0.6 is 24.0 Å². The molecule has 0 bridgehead atoms. The number of hydrogen-bond donors (Lipinski definition) is 0. The zero-order valence-electron chi connectivity index (χ0n) is 12.2. The molecule has 20 heavy (non-hydrogen) atoms. The van der Waals surface area contributed by atoms with Gasteiger partial charge in [0.1, 0.15) is 0 Å². The number of benzene rings is 1. The van der Waals surface area contributed by atoms with Gasteiger partial charge in [0.25, 0.3) is 0 Å². The van der Waals surface area contributed by atoms with Crippen molar-refractivity contribution in [2.24, 2.45) is 5.92 Å². The van der Waals surface area contributed by atoms with Crippen molar-refractivity contribution in [1.29, 1.82) is 0 Å². The van der Waals surface area contributed by atoms with Crippen LogP contribution in [0.1, 0.15) is 19.4 Å². The predicted molar refractivity (Wildman–Crippen MR) is 87.1 cm³/mol. The number of aryl methyl sites for hydroxylation is 1. The van der Waals surface area contributed by atoms with Gasteiger partial charge in [-0.1, -0.05) is 31.5 Å². The molecule has 3 nitrogen and oxygen atoms in total. The maximum Gasteiger partial charge on any atom is 0.225 e. The predicted octanol–water partition coefficient (Wildman–Crippen LogP) is 3.37. The molecule has 0 radical (unpaired) electrons. The summed E-state index contributed by atoms with van der Waals surface area (Å²) in [6.07, 6.45) is 0. The Labute approximate surface area is 132 Å². The summed E-state index contributed by atoms with van der Waals surface area (Å²) >= 11 is 6.07. The van der Waals surface area contributed by atoms with Gasteiger partial charge >= 0.3 is 0 Å². The van der Waals surface area contributed by atoms with Gasteiger partial charge in [0, 0.05) is 42.8 Å². The van der Waals surface area contributed by atoms with Gasteiger partial charge < -0.3 is 9.80 Å². The number of rotatable bonds is 2. The molecule has 1 fully saturated rings. The summed E-state index contributed by atoms with van der Waals surface area (Å²) in [4.78, 5) is 16.2. The fourth-order valence-corrected chi connectivity index (χ4v) is 2.62. The Kier molecular flexibility index (Phi) is 6.15. The molecule has 2 rings (SSSR count). The number of piperazine rings is 1. The number of carbonyl (C=O) groups excluding carboxylic acids is 1. The smallest absolute Gasteiger partial charge is 0.225 e. The maximum absolute atomic E-state index is 11.9. The Morgan fingerprint density at radius 2 is 1.80 bits per heavy atom. The quantitative estimate of drug-likeness (QED) is 0.835. The van der Waals surface area contributed by atoms with Crippen molar-refractivity contribution in [3.8, 4) is 0 Å². The van der Waals surface area contributed by atoms with Gasteiger partial charge in [-0.25, -0.2) is 0 Å². The van der Waals surface area contributed by atoms with E-state index in [-0.39, 0.29) is 24.2 Å². The molecular formula is C15H22Cl2N2O. The standard InChI is InChI=1S/C15H21ClN2O.ClH/c1-11(2)15(19)18-8-6-17(7-9-18)14-10-13(16)5-4-12(14)3;/h4-5,10-11H,6-9H2,1-3H3;1H. The average molecular weight is 317 g/mol. The number of hydrogen-bond acceptors (Lipinski definition) is 2. The van der Waals surface area contributed by atoms with Gasteiger partial charge in [-0.15, -0.1) is 12.4 Å². The van der Waals surface area contributed by atoms with Crippen molar-refractivity contribution in [2.75, 3.05) is 31.1 Å². The minimum atomic E-state index is 0.